The number of rotatable bonds is 10. The molecule has 0 aromatic heterocycles. The molecule has 0 saturated carbocycles. The van der Waals surface area contributed by atoms with E-state index in [2.05, 4.69) is 56.5 Å². The van der Waals surface area contributed by atoms with Gasteiger partial charge in [0, 0.05) is 54.5 Å². The molecule has 0 spiro atoms. The fraction of sp³-hybridized carbons (Fsp3) is 0.276. The summed E-state index contributed by atoms with van der Waals surface area (Å²) in [6.07, 6.45) is 0. The van der Waals surface area contributed by atoms with Crippen LogP contribution in [0.15, 0.2) is 71.1 Å². The highest BCUT2D eigenvalue weighted by Crippen LogP contribution is 2.40. The van der Waals surface area contributed by atoms with Crippen molar-refractivity contribution in [1.82, 2.24) is 15.2 Å². The van der Waals surface area contributed by atoms with Crippen LogP contribution in [0.5, 0.6) is 0 Å². The smallest absolute Gasteiger partial charge is 0.235 e. The van der Waals surface area contributed by atoms with Crippen LogP contribution in [0.3, 0.4) is 0 Å². The summed E-state index contributed by atoms with van der Waals surface area (Å²) in [7, 11) is 3.95. The first-order chi connectivity index (χ1) is 18.4. The van der Waals surface area contributed by atoms with E-state index in [-0.39, 0.29) is 23.6 Å². The molecule has 7 nitrogen and oxygen atoms in total. The van der Waals surface area contributed by atoms with Crippen LogP contribution < -0.4 is 25.5 Å². The van der Waals surface area contributed by atoms with Crippen molar-refractivity contribution in [3.8, 4) is 22.5 Å². The maximum atomic E-state index is 11.5. The molecular weight excluding hydrogens is 523 g/mol. The number of nitrogens with one attached hydrogen (secondary N) is 2. The lowest BCUT2D eigenvalue weighted by Gasteiger charge is -2.21. The maximum Gasteiger partial charge on any atom is 0.235 e. The zero-order valence-electron chi connectivity index (χ0n) is 21.5. The molecule has 198 valence electrons. The molecule has 2 aromatic carbocycles. The number of fused-ring (bicyclic) bond motifs is 2. The van der Waals surface area contributed by atoms with Crippen LogP contribution in [-0.2, 0) is 9.59 Å². The normalized spacial score (nSPS) is 11.9. The predicted molar refractivity (Wildman–Crippen MR) is 155 cm³/mol. The van der Waals surface area contributed by atoms with E-state index in [0.29, 0.717) is 26.2 Å². The van der Waals surface area contributed by atoms with Gasteiger partial charge in [-0.05, 0) is 23.8 Å². The van der Waals surface area contributed by atoms with E-state index in [9.17, 15) is 9.59 Å². The molecule has 1 aliphatic carbocycles. The summed E-state index contributed by atoms with van der Waals surface area (Å²) in [5.41, 5.74) is 4.96. The van der Waals surface area contributed by atoms with E-state index in [4.69, 9.17) is 27.6 Å². The number of carbonyl (C=O) groups is 2. The second-order valence-electron chi connectivity index (χ2n) is 9.01. The molecular formula is C29H31Cl2N4O3+. The molecule has 2 aromatic rings. The lowest BCUT2D eigenvalue weighted by Crippen LogP contribution is -2.35. The van der Waals surface area contributed by atoms with Crippen molar-refractivity contribution in [2.75, 3.05) is 56.9 Å². The van der Waals surface area contributed by atoms with Gasteiger partial charge < -0.3 is 20.0 Å². The molecule has 1 aliphatic heterocycles. The number of amides is 2. The minimum absolute atomic E-state index is 0.0485. The first kappa shape index (κ1) is 27.5. The third-order valence-electron chi connectivity index (χ3n) is 6.41. The topological polar surface area (TPSA) is 77.6 Å². The number of nitrogens with zero attached hydrogens (tertiary/aromatic N) is 2. The standard InChI is InChI=1S/C29H30Cl2N4O3/c1-34(14-12-32-27(36)18-30)21-8-10-23-25(16-21)38-26-17-22(35(2)15-13-33-28(37)19-31)9-11-24(26)29(23)20-6-4-3-5-7-20/h3-11,16-17H,12-15,18-19H2,1-2H3,(H-,32,33,36,37)/p+1. The summed E-state index contributed by atoms with van der Waals surface area (Å²) >= 11 is 11.1. The molecule has 0 bridgehead atoms. The molecule has 2 amide bonds. The molecule has 0 atom stereocenters. The van der Waals surface area contributed by atoms with Crippen LogP contribution in [0.4, 0.5) is 5.69 Å². The molecule has 0 radical (unpaired) electrons. The fourth-order valence-corrected chi connectivity index (χ4v) is 4.53. The number of halogens is 2. The van der Waals surface area contributed by atoms with Crippen molar-refractivity contribution >= 4 is 51.7 Å². The Bertz CT molecular complexity index is 1470. The average molecular weight is 554 g/mol. The van der Waals surface area contributed by atoms with Crippen LogP contribution in [0.25, 0.3) is 33.4 Å². The number of hydrogen-bond donors (Lipinski definition) is 2. The Morgan fingerprint density at radius 2 is 1.63 bits per heavy atom. The minimum Gasteiger partial charge on any atom is -0.456 e. The van der Waals surface area contributed by atoms with Crippen molar-refractivity contribution in [2.45, 2.75) is 0 Å². The molecule has 0 unspecified atom stereocenters. The number of alkyl halides is 2. The number of hydrogen-bond acceptors (Lipinski definition) is 4. The molecule has 4 rings (SSSR count). The number of likely N-dealkylation sites (N-methyl/N-ethyl adjacent to an activating group) is 2. The third-order valence-corrected chi connectivity index (χ3v) is 6.90. The van der Waals surface area contributed by atoms with Gasteiger partial charge >= 0.3 is 0 Å². The molecule has 1 heterocycles. The maximum absolute atomic E-state index is 11.5. The van der Waals surface area contributed by atoms with Crippen LogP contribution >= 0.6 is 23.2 Å². The predicted octanol–water partition coefficient (Wildman–Crippen LogP) is 3.75. The molecule has 2 N–H and O–H groups in total. The highest BCUT2D eigenvalue weighted by Gasteiger charge is 2.19. The number of carbonyl (C=O) groups excluding carboxylic acids is 2. The minimum atomic E-state index is -0.185. The van der Waals surface area contributed by atoms with Crippen molar-refractivity contribution in [3.63, 3.8) is 0 Å². The number of benzene rings is 3. The van der Waals surface area contributed by atoms with Gasteiger partial charge in [-0.15, -0.1) is 23.2 Å². The van der Waals surface area contributed by atoms with Crippen LogP contribution in [0, 0.1) is 0 Å². The Hall–Kier alpha value is -3.55. The van der Waals surface area contributed by atoms with Gasteiger partial charge in [-0.2, -0.15) is 0 Å². The van der Waals surface area contributed by atoms with Gasteiger partial charge in [0.15, 0.2) is 6.54 Å². The van der Waals surface area contributed by atoms with Gasteiger partial charge in [0.05, 0.1) is 12.6 Å². The van der Waals surface area contributed by atoms with Crippen LogP contribution in [-0.4, -0.2) is 63.8 Å². The van der Waals surface area contributed by atoms with E-state index < -0.39 is 0 Å². The Balaban J connectivity index is 1.76. The molecule has 0 saturated heterocycles. The fourth-order valence-electron chi connectivity index (χ4n) is 4.34. The Labute approximate surface area is 232 Å². The van der Waals surface area contributed by atoms with Crippen molar-refractivity contribution in [2.24, 2.45) is 0 Å². The summed E-state index contributed by atoms with van der Waals surface area (Å²) in [5.74, 6) is 0.296. The second kappa shape index (κ2) is 12.8. The zero-order valence-corrected chi connectivity index (χ0v) is 23.0. The van der Waals surface area contributed by atoms with Gasteiger partial charge in [0.1, 0.15) is 30.2 Å². The quantitative estimate of drug-likeness (QED) is 0.178. The molecule has 0 fully saturated rings. The molecule has 38 heavy (non-hydrogen) atoms. The zero-order chi connectivity index (χ0) is 27.1. The van der Waals surface area contributed by atoms with Gasteiger partial charge in [-0.3, -0.25) is 9.59 Å². The van der Waals surface area contributed by atoms with E-state index in [1.54, 1.807) is 0 Å². The van der Waals surface area contributed by atoms with E-state index in [1.807, 2.05) is 44.4 Å². The SMILES string of the molecule is CN(CCNC(=O)CCl)c1ccc2c(-c3ccccc3)c3ccc(=[N+](C)CCNC(=O)CCl)cc-3oc2c1. The molecule has 2 aliphatic rings. The largest absolute Gasteiger partial charge is 0.456 e. The summed E-state index contributed by atoms with van der Waals surface area (Å²) in [6.45, 7) is 2.24. The lowest BCUT2D eigenvalue weighted by molar-refractivity contribution is -0.119. The second-order valence-corrected chi connectivity index (χ2v) is 9.55. The first-order valence-corrected chi connectivity index (χ1v) is 13.4. The van der Waals surface area contributed by atoms with Crippen molar-refractivity contribution in [3.05, 3.63) is 72.1 Å². The lowest BCUT2D eigenvalue weighted by atomic mass is 9.93. The Kier molecular flexibility index (Phi) is 9.26. The van der Waals surface area contributed by atoms with Gasteiger partial charge in [0.25, 0.3) is 0 Å². The van der Waals surface area contributed by atoms with E-state index in [1.165, 1.54) is 0 Å². The van der Waals surface area contributed by atoms with Crippen LogP contribution in [0.1, 0.15) is 0 Å². The molecule has 9 heteroatoms. The monoisotopic (exact) mass is 553 g/mol. The first-order valence-electron chi connectivity index (χ1n) is 12.4. The summed E-state index contributed by atoms with van der Waals surface area (Å²) in [5, 5.41) is 7.58. The van der Waals surface area contributed by atoms with E-state index in [0.717, 1.165) is 44.5 Å². The van der Waals surface area contributed by atoms with Gasteiger partial charge in [0.2, 0.25) is 17.2 Å². The van der Waals surface area contributed by atoms with Gasteiger partial charge in [-0.1, -0.05) is 30.3 Å². The van der Waals surface area contributed by atoms with Crippen molar-refractivity contribution in [1.29, 1.82) is 0 Å². The summed E-state index contributed by atoms with van der Waals surface area (Å²) in [6, 6.07) is 22.6. The van der Waals surface area contributed by atoms with Crippen LogP contribution in [0.2, 0.25) is 0 Å². The van der Waals surface area contributed by atoms with Crippen molar-refractivity contribution < 1.29 is 14.0 Å². The third kappa shape index (κ3) is 6.47. The Morgan fingerprint density at radius 1 is 0.921 bits per heavy atom. The number of anilines is 1. The summed E-state index contributed by atoms with van der Waals surface area (Å²) < 4.78 is 8.55. The van der Waals surface area contributed by atoms with E-state index >= 15 is 0 Å². The Morgan fingerprint density at radius 3 is 2.34 bits per heavy atom. The average Bonchev–Trinajstić information content (AvgIpc) is 2.95. The van der Waals surface area contributed by atoms with Gasteiger partial charge in [-0.25, -0.2) is 4.58 Å². The summed E-state index contributed by atoms with van der Waals surface area (Å²) in [4.78, 5) is 25.0. The highest BCUT2D eigenvalue weighted by atomic mass is 35.5. The highest BCUT2D eigenvalue weighted by molar-refractivity contribution is 6.27.